The Hall–Kier alpha value is -3.02. The summed E-state index contributed by atoms with van der Waals surface area (Å²) in [7, 11) is 1.56. The van der Waals surface area contributed by atoms with Crippen LogP contribution < -0.4 is 15.4 Å². The first-order valence-corrected chi connectivity index (χ1v) is 9.65. The van der Waals surface area contributed by atoms with Crippen LogP contribution in [0.1, 0.15) is 37.0 Å². The summed E-state index contributed by atoms with van der Waals surface area (Å²) in [5.74, 6) is 0.432. The van der Waals surface area contributed by atoms with Crippen molar-refractivity contribution in [3.05, 3.63) is 54.1 Å². The van der Waals surface area contributed by atoms with Gasteiger partial charge in [0.25, 0.3) is 5.91 Å². The lowest BCUT2D eigenvalue weighted by Crippen LogP contribution is -2.32. The van der Waals surface area contributed by atoms with Crippen LogP contribution in [0.2, 0.25) is 0 Å². The predicted molar refractivity (Wildman–Crippen MR) is 113 cm³/mol. The fraction of sp³-hybridized carbons (Fsp3) is 0.364. The van der Waals surface area contributed by atoms with Gasteiger partial charge in [-0.05, 0) is 43.2 Å². The summed E-state index contributed by atoms with van der Waals surface area (Å²) < 4.78 is 5.24. The number of hydrogen-bond acceptors (Lipinski definition) is 4. The van der Waals surface area contributed by atoms with Crippen LogP contribution in [0, 0.1) is 0 Å². The number of hydrogen-bond donors (Lipinski definition) is 2. The third kappa shape index (κ3) is 6.01. The van der Waals surface area contributed by atoms with Crippen molar-refractivity contribution in [1.29, 1.82) is 0 Å². The number of amides is 2. The molecule has 0 aliphatic heterocycles. The molecule has 0 aliphatic carbocycles. The van der Waals surface area contributed by atoms with Gasteiger partial charge in [0.15, 0.2) is 0 Å². The maximum absolute atomic E-state index is 12.7. The summed E-state index contributed by atoms with van der Waals surface area (Å²) in [6.07, 6.45) is 1.85. The van der Waals surface area contributed by atoms with Crippen LogP contribution in [0.4, 0.5) is 11.4 Å². The number of anilines is 2. The molecule has 2 aromatic rings. The second-order valence-corrected chi connectivity index (χ2v) is 6.48. The number of carbonyl (C=O) groups is 2. The zero-order chi connectivity index (χ0) is 20.4. The van der Waals surface area contributed by atoms with E-state index in [-0.39, 0.29) is 18.4 Å². The molecule has 0 unspecified atom stereocenters. The second kappa shape index (κ2) is 11.0. The van der Waals surface area contributed by atoms with E-state index in [4.69, 9.17) is 4.74 Å². The van der Waals surface area contributed by atoms with E-state index in [9.17, 15) is 9.59 Å². The molecule has 2 amide bonds. The summed E-state index contributed by atoms with van der Waals surface area (Å²) in [6, 6.07) is 14.5. The van der Waals surface area contributed by atoms with Crippen molar-refractivity contribution in [2.45, 2.75) is 26.7 Å². The van der Waals surface area contributed by atoms with Crippen LogP contribution in [-0.4, -0.2) is 43.5 Å². The van der Waals surface area contributed by atoms with E-state index in [1.165, 1.54) is 0 Å². The van der Waals surface area contributed by atoms with E-state index in [0.29, 0.717) is 17.0 Å². The quantitative estimate of drug-likeness (QED) is 0.650. The van der Waals surface area contributed by atoms with E-state index >= 15 is 0 Å². The first kappa shape index (κ1) is 21.3. The molecular formula is C22H29N3O3. The lowest BCUT2D eigenvalue weighted by Gasteiger charge is -2.21. The Morgan fingerprint density at radius 3 is 2.39 bits per heavy atom. The molecule has 2 aromatic carbocycles. The highest BCUT2D eigenvalue weighted by atomic mass is 16.5. The average Bonchev–Trinajstić information content (AvgIpc) is 2.72. The van der Waals surface area contributed by atoms with Crippen LogP contribution in [0.25, 0.3) is 0 Å². The molecule has 150 valence electrons. The number of carbonyl (C=O) groups excluding carboxylic acids is 2. The Kier molecular flexibility index (Phi) is 8.34. The number of benzene rings is 2. The lowest BCUT2D eigenvalue weighted by molar-refractivity contribution is -0.114. The molecule has 0 fully saturated rings. The fourth-order valence-corrected chi connectivity index (χ4v) is 2.92. The van der Waals surface area contributed by atoms with Gasteiger partial charge in [-0.25, -0.2) is 0 Å². The Morgan fingerprint density at radius 2 is 1.71 bits per heavy atom. The van der Waals surface area contributed by atoms with Gasteiger partial charge in [0, 0.05) is 24.3 Å². The van der Waals surface area contributed by atoms with Crippen LogP contribution >= 0.6 is 0 Å². The molecule has 0 bridgehead atoms. The molecule has 6 nitrogen and oxygen atoms in total. The topological polar surface area (TPSA) is 70.7 Å². The molecule has 2 rings (SSSR count). The van der Waals surface area contributed by atoms with E-state index in [1.54, 1.807) is 31.4 Å². The lowest BCUT2D eigenvalue weighted by atomic mass is 10.1. The molecule has 0 saturated carbocycles. The van der Waals surface area contributed by atoms with Gasteiger partial charge in [-0.2, -0.15) is 0 Å². The number of para-hydroxylation sites is 2. The summed E-state index contributed by atoms with van der Waals surface area (Å²) in [6.45, 7) is 5.70. The van der Waals surface area contributed by atoms with Crippen LogP contribution in [0.5, 0.6) is 5.75 Å². The number of nitrogens with zero attached hydrogens (tertiary/aromatic N) is 1. The minimum absolute atomic E-state index is 0.0193. The van der Waals surface area contributed by atoms with Gasteiger partial charge in [-0.15, -0.1) is 0 Å². The average molecular weight is 383 g/mol. The van der Waals surface area contributed by atoms with E-state index in [0.717, 1.165) is 31.6 Å². The second-order valence-electron chi connectivity index (χ2n) is 6.48. The minimum atomic E-state index is -0.195. The molecule has 0 saturated heterocycles. The molecule has 0 spiro atoms. The molecule has 0 aliphatic rings. The SMILES string of the molecule is CCCN(CCC)C(=O)c1cccc(NCC(=O)Nc2ccccc2OC)c1. The van der Waals surface area contributed by atoms with Gasteiger partial charge >= 0.3 is 0 Å². The fourth-order valence-electron chi connectivity index (χ4n) is 2.92. The summed E-state index contributed by atoms with van der Waals surface area (Å²) in [5, 5.41) is 5.90. The number of methoxy groups -OCH3 is 1. The molecule has 0 atom stereocenters. The molecule has 0 aromatic heterocycles. The Labute approximate surface area is 166 Å². The number of rotatable bonds is 10. The summed E-state index contributed by atoms with van der Waals surface area (Å²) in [4.78, 5) is 26.8. The van der Waals surface area contributed by atoms with Gasteiger partial charge in [-0.1, -0.05) is 32.0 Å². The summed E-state index contributed by atoms with van der Waals surface area (Å²) >= 11 is 0. The van der Waals surface area contributed by atoms with Gasteiger partial charge in [0.05, 0.1) is 19.3 Å². The monoisotopic (exact) mass is 383 g/mol. The van der Waals surface area contributed by atoms with Crippen molar-refractivity contribution < 1.29 is 14.3 Å². The van der Waals surface area contributed by atoms with Gasteiger partial charge in [-0.3, -0.25) is 9.59 Å². The van der Waals surface area contributed by atoms with Crippen molar-refractivity contribution >= 4 is 23.2 Å². The molecule has 2 N–H and O–H groups in total. The van der Waals surface area contributed by atoms with Crippen molar-refractivity contribution in [3.8, 4) is 5.75 Å². The van der Waals surface area contributed by atoms with Crippen molar-refractivity contribution in [2.75, 3.05) is 37.4 Å². The van der Waals surface area contributed by atoms with Gasteiger partial charge in [0.2, 0.25) is 5.91 Å². The highest BCUT2D eigenvalue weighted by Crippen LogP contribution is 2.22. The Balaban J connectivity index is 1.98. The Morgan fingerprint density at radius 1 is 1.00 bits per heavy atom. The largest absolute Gasteiger partial charge is 0.495 e. The normalized spacial score (nSPS) is 10.2. The van der Waals surface area contributed by atoms with E-state index in [2.05, 4.69) is 24.5 Å². The minimum Gasteiger partial charge on any atom is -0.495 e. The maximum atomic E-state index is 12.7. The van der Waals surface area contributed by atoms with Gasteiger partial charge < -0.3 is 20.3 Å². The van der Waals surface area contributed by atoms with E-state index < -0.39 is 0 Å². The Bertz CT molecular complexity index is 786. The van der Waals surface area contributed by atoms with Gasteiger partial charge in [0.1, 0.15) is 5.75 Å². The smallest absolute Gasteiger partial charge is 0.253 e. The first-order valence-electron chi connectivity index (χ1n) is 9.65. The van der Waals surface area contributed by atoms with Crippen LogP contribution in [0.15, 0.2) is 48.5 Å². The highest BCUT2D eigenvalue weighted by molar-refractivity contribution is 5.96. The molecule has 6 heteroatoms. The van der Waals surface area contributed by atoms with Crippen molar-refractivity contribution in [2.24, 2.45) is 0 Å². The van der Waals surface area contributed by atoms with E-state index in [1.807, 2.05) is 29.2 Å². The first-order chi connectivity index (χ1) is 13.6. The third-order valence-electron chi connectivity index (χ3n) is 4.22. The predicted octanol–water partition coefficient (Wildman–Crippen LogP) is 4.01. The zero-order valence-corrected chi connectivity index (χ0v) is 16.8. The zero-order valence-electron chi connectivity index (χ0n) is 16.8. The van der Waals surface area contributed by atoms with Crippen molar-refractivity contribution in [3.63, 3.8) is 0 Å². The standard InChI is InChI=1S/C22H29N3O3/c1-4-13-25(14-5-2)22(27)17-9-8-10-18(15-17)23-16-21(26)24-19-11-6-7-12-20(19)28-3/h6-12,15,23H,4-5,13-14,16H2,1-3H3,(H,24,26). The molecular weight excluding hydrogens is 354 g/mol. The molecule has 0 heterocycles. The highest BCUT2D eigenvalue weighted by Gasteiger charge is 2.14. The van der Waals surface area contributed by atoms with Crippen LogP contribution in [-0.2, 0) is 4.79 Å². The number of nitrogens with one attached hydrogen (secondary N) is 2. The third-order valence-corrected chi connectivity index (χ3v) is 4.22. The maximum Gasteiger partial charge on any atom is 0.253 e. The number of ether oxygens (including phenoxy) is 1. The molecule has 0 radical (unpaired) electrons. The summed E-state index contributed by atoms with van der Waals surface area (Å²) in [5.41, 5.74) is 1.97. The van der Waals surface area contributed by atoms with Crippen molar-refractivity contribution in [1.82, 2.24) is 4.90 Å². The molecule has 28 heavy (non-hydrogen) atoms. The van der Waals surface area contributed by atoms with Crippen LogP contribution in [0.3, 0.4) is 0 Å².